The van der Waals surface area contributed by atoms with Crippen molar-refractivity contribution < 1.29 is 19.4 Å². The van der Waals surface area contributed by atoms with Crippen molar-refractivity contribution in [3.05, 3.63) is 36.9 Å². The molecule has 0 spiro atoms. The van der Waals surface area contributed by atoms with Gasteiger partial charge in [-0.1, -0.05) is 18.5 Å². The molecular formula is C16H20N5O3+. The number of carbonyl (C=O) groups excluding carboxylic acids is 1. The van der Waals surface area contributed by atoms with Crippen LogP contribution in [0.4, 0.5) is 0 Å². The summed E-state index contributed by atoms with van der Waals surface area (Å²) in [6, 6.07) is 2.58. The first-order valence-electron chi connectivity index (χ1n) is 7.61. The molecule has 0 aliphatic carbocycles. The molecule has 0 saturated heterocycles. The average Bonchev–Trinajstić information content (AvgIpc) is 2.55. The summed E-state index contributed by atoms with van der Waals surface area (Å²) < 4.78 is 1.43. The highest BCUT2D eigenvalue weighted by Gasteiger charge is 2.23. The third-order valence-corrected chi connectivity index (χ3v) is 3.24. The predicted octanol–water partition coefficient (Wildman–Crippen LogP) is 0.442. The summed E-state index contributed by atoms with van der Waals surface area (Å²) in [5.74, 6) is -0.720. The Hall–Kier alpha value is -2.90. The molecule has 2 aromatic heterocycles. The predicted molar refractivity (Wildman–Crippen MR) is 84.5 cm³/mol. The SMILES string of the molecule is CC(C)CC(NC(=O)C[n+]1ccc(-c2ncccn2)cn1)C(=O)O. The highest BCUT2D eigenvalue weighted by atomic mass is 16.4. The Balaban J connectivity index is 1.98. The zero-order valence-electron chi connectivity index (χ0n) is 13.6. The lowest BCUT2D eigenvalue weighted by molar-refractivity contribution is -0.742. The van der Waals surface area contributed by atoms with E-state index in [0.717, 1.165) is 5.56 Å². The second kappa shape index (κ2) is 8.09. The van der Waals surface area contributed by atoms with Gasteiger partial charge in [0.2, 0.25) is 0 Å². The lowest BCUT2D eigenvalue weighted by Crippen LogP contribution is -2.50. The van der Waals surface area contributed by atoms with Gasteiger partial charge in [0, 0.05) is 24.0 Å². The van der Waals surface area contributed by atoms with Crippen LogP contribution in [0.25, 0.3) is 11.4 Å². The van der Waals surface area contributed by atoms with Gasteiger partial charge in [-0.05, 0) is 23.5 Å². The molecule has 0 saturated carbocycles. The molecular weight excluding hydrogens is 310 g/mol. The van der Waals surface area contributed by atoms with Crippen LogP contribution >= 0.6 is 0 Å². The van der Waals surface area contributed by atoms with E-state index in [0.29, 0.717) is 12.2 Å². The quantitative estimate of drug-likeness (QED) is 0.713. The van der Waals surface area contributed by atoms with Gasteiger partial charge in [0.25, 0.3) is 12.5 Å². The largest absolute Gasteiger partial charge is 0.480 e. The Morgan fingerprint density at radius 1 is 1.29 bits per heavy atom. The van der Waals surface area contributed by atoms with Gasteiger partial charge in [-0.15, -0.1) is 0 Å². The minimum Gasteiger partial charge on any atom is -0.480 e. The fourth-order valence-electron chi connectivity index (χ4n) is 2.14. The Morgan fingerprint density at radius 3 is 2.54 bits per heavy atom. The highest BCUT2D eigenvalue weighted by Crippen LogP contribution is 2.09. The van der Waals surface area contributed by atoms with Crippen LogP contribution in [0.2, 0.25) is 0 Å². The summed E-state index contributed by atoms with van der Waals surface area (Å²) >= 11 is 0. The molecule has 0 aliphatic rings. The number of amides is 1. The van der Waals surface area contributed by atoms with Gasteiger partial charge in [0.05, 0.1) is 0 Å². The maximum absolute atomic E-state index is 12.0. The van der Waals surface area contributed by atoms with E-state index in [4.69, 9.17) is 5.11 Å². The van der Waals surface area contributed by atoms with Gasteiger partial charge in [-0.3, -0.25) is 4.79 Å². The Bertz CT molecular complexity index is 689. The highest BCUT2D eigenvalue weighted by molar-refractivity contribution is 5.82. The summed E-state index contributed by atoms with van der Waals surface area (Å²) in [6.45, 7) is 3.75. The number of hydrogen-bond acceptors (Lipinski definition) is 5. The maximum Gasteiger partial charge on any atom is 0.326 e. The second-order valence-electron chi connectivity index (χ2n) is 5.77. The third-order valence-electron chi connectivity index (χ3n) is 3.24. The summed E-state index contributed by atoms with van der Waals surface area (Å²) in [6.07, 6.45) is 6.84. The number of nitrogens with zero attached hydrogens (tertiary/aromatic N) is 4. The van der Waals surface area contributed by atoms with Crippen molar-refractivity contribution in [2.45, 2.75) is 32.9 Å². The van der Waals surface area contributed by atoms with E-state index in [1.165, 1.54) is 4.68 Å². The molecule has 1 amide bonds. The first kappa shape index (κ1) is 17.5. The van der Waals surface area contributed by atoms with Crippen molar-refractivity contribution in [2.24, 2.45) is 5.92 Å². The number of nitrogens with one attached hydrogen (secondary N) is 1. The van der Waals surface area contributed by atoms with Crippen molar-refractivity contribution >= 4 is 11.9 Å². The first-order valence-corrected chi connectivity index (χ1v) is 7.61. The van der Waals surface area contributed by atoms with E-state index in [-0.39, 0.29) is 12.5 Å². The van der Waals surface area contributed by atoms with Crippen molar-refractivity contribution in [3.63, 3.8) is 0 Å². The molecule has 2 N–H and O–H groups in total. The Kier molecular flexibility index (Phi) is 5.89. The molecule has 1 atom stereocenters. The van der Waals surface area contributed by atoms with Crippen LogP contribution in [0.5, 0.6) is 0 Å². The smallest absolute Gasteiger partial charge is 0.326 e. The van der Waals surface area contributed by atoms with Gasteiger partial charge in [-0.25, -0.2) is 14.8 Å². The minimum absolute atomic E-state index is 0.0577. The lowest BCUT2D eigenvalue weighted by Gasteiger charge is -2.15. The molecule has 2 aromatic rings. The molecule has 24 heavy (non-hydrogen) atoms. The van der Waals surface area contributed by atoms with E-state index in [1.54, 1.807) is 36.9 Å². The molecule has 8 nitrogen and oxygen atoms in total. The monoisotopic (exact) mass is 330 g/mol. The number of rotatable bonds is 7. The van der Waals surface area contributed by atoms with Crippen molar-refractivity contribution in [1.82, 2.24) is 20.4 Å². The van der Waals surface area contributed by atoms with Gasteiger partial charge < -0.3 is 10.4 Å². The van der Waals surface area contributed by atoms with E-state index in [1.807, 2.05) is 13.8 Å². The third kappa shape index (κ3) is 5.08. The summed E-state index contributed by atoms with van der Waals surface area (Å²) in [4.78, 5) is 31.4. The van der Waals surface area contributed by atoms with E-state index in [2.05, 4.69) is 20.4 Å². The molecule has 0 radical (unpaired) electrons. The molecule has 0 bridgehead atoms. The zero-order chi connectivity index (χ0) is 17.5. The Morgan fingerprint density at radius 2 is 2.00 bits per heavy atom. The van der Waals surface area contributed by atoms with Crippen LogP contribution in [-0.2, 0) is 16.1 Å². The minimum atomic E-state index is -1.04. The van der Waals surface area contributed by atoms with Gasteiger partial charge in [-0.2, -0.15) is 0 Å². The fraction of sp³-hybridized carbons (Fsp3) is 0.375. The van der Waals surface area contributed by atoms with Crippen molar-refractivity contribution in [3.8, 4) is 11.4 Å². The zero-order valence-corrected chi connectivity index (χ0v) is 13.6. The maximum atomic E-state index is 12.0. The fourth-order valence-corrected chi connectivity index (χ4v) is 2.14. The summed E-state index contributed by atoms with van der Waals surface area (Å²) in [5, 5.41) is 15.8. The lowest BCUT2D eigenvalue weighted by atomic mass is 10.0. The van der Waals surface area contributed by atoms with Crippen LogP contribution in [0.3, 0.4) is 0 Å². The van der Waals surface area contributed by atoms with Gasteiger partial charge >= 0.3 is 5.97 Å². The molecule has 8 heteroatoms. The van der Waals surface area contributed by atoms with Crippen molar-refractivity contribution in [1.29, 1.82) is 0 Å². The number of aromatic nitrogens is 4. The Labute approximate surface area is 139 Å². The number of aliphatic carboxylic acids is 1. The van der Waals surface area contributed by atoms with E-state index >= 15 is 0 Å². The standard InChI is InChI=1S/C16H19N5O3/c1-11(2)8-13(16(23)24)20-14(22)10-21-7-4-12(9-19-21)15-17-5-3-6-18-15/h3-7,9,11,13H,8,10H2,1-2H3,(H-,20,22,23,24)/p+1. The average molecular weight is 330 g/mol. The van der Waals surface area contributed by atoms with Crippen molar-refractivity contribution in [2.75, 3.05) is 0 Å². The van der Waals surface area contributed by atoms with Crippen LogP contribution in [0.15, 0.2) is 36.9 Å². The number of carboxylic acids is 1. The molecule has 1 unspecified atom stereocenters. The van der Waals surface area contributed by atoms with E-state index in [9.17, 15) is 9.59 Å². The van der Waals surface area contributed by atoms with E-state index < -0.39 is 17.9 Å². The van der Waals surface area contributed by atoms with Gasteiger partial charge in [0.1, 0.15) is 12.2 Å². The molecule has 0 fully saturated rings. The number of carboxylic acid groups (broad SMARTS) is 1. The normalized spacial score (nSPS) is 12.0. The van der Waals surface area contributed by atoms with Crippen LogP contribution in [0.1, 0.15) is 20.3 Å². The number of hydrogen-bond donors (Lipinski definition) is 2. The molecule has 2 rings (SSSR count). The molecule has 2 heterocycles. The van der Waals surface area contributed by atoms with Crippen LogP contribution < -0.4 is 10.00 Å². The van der Waals surface area contributed by atoms with Gasteiger partial charge in [0.15, 0.2) is 12.0 Å². The topological polar surface area (TPSA) is 109 Å². The summed E-state index contributed by atoms with van der Waals surface area (Å²) in [7, 11) is 0. The molecule has 126 valence electrons. The van der Waals surface area contributed by atoms with Crippen LogP contribution in [-0.4, -0.2) is 38.1 Å². The molecule has 0 aliphatic heterocycles. The first-order chi connectivity index (χ1) is 11.5. The number of carbonyl (C=O) groups is 2. The molecule has 0 aromatic carbocycles. The second-order valence-corrected chi connectivity index (χ2v) is 5.77. The summed E-state index contributed by atoms with van der Waals surface area (Å²) in [5.41, 5.74) is 0.732. The van der Waals surface area contributed by atoms with Crippen LogP contribution in [0, 0.1) is 5.92 Å².